The number of ether oxygens (including phenoxy) is 1. The molecule has 218 valence electrons. The van der Waals surface area contributed by atoms with Crippen molar-refractivity contribution in [3.05, 3.63) is 35.8 Å². The summed E-state index contributed by atoms with van der Waals surface area (Å²) >= 11 is 0.951. The molecule has 1 aliphatic heterocycles. The minimum Gasteiger partial charge on any atom is -0.494 e. The van der Waals surface area contributed by atoms with Crippen LogP contribution in [0.2, 0.25) is 0 Å². The third-order valence-electron chi connectivity index (χ3n) is 8.01. The number of alkyl halides is 2. The maximum atomic E-state index is 13.7. The average Bonchev–Trinajstić information content (AvgIpc) is 3.85. The lowest BCUT2D eigenvalue weighted by atomic mass is 9.95. The molecular formula is C28H33F2N7O3S. The number of nitrogens with two attached hydrogens (primary N) is 2. The molecule has 3 aliphatic rings. The first-order valence-electron chi connectivity index (χ1n) is 13.3. The van der Waals surface area contributed by atoms with Crippen molar-refractivity contribution in [3.63, 3.8) is 0 Å². The SMILES string of the molecule is COc1cnc(C(F)F)cc1-c1cc(N2CCN(C)C3(CC3)C2(C)O)ncc1C(=O)N=C(N)SC(N)C#CC1CC1. The van der Waals surface area contributed by atoms with Crippen molar-refractivity contribution in [2.24, 2.45) is 22.4 Å². The maximum Gasteiger partial charge on any atom is 0.281 e. The highest BCUT2D eigenvalue weighted by Crippen LogP contribution is 2.53. The summed E-state index contributed by atoms with van der Waals surface area (Å²) in [6.07, 6.45) is 3.40. The monoisotopic (exact) mass is 585 g/mol. The first-order chi connectivity index (χ1) is 19.5. The summed E-state index contributed by atoms with van der Waals surface area (Å²) in [7, 11) is 3.36. The fourth-order valence-electron chi connectivity index (χ4n) is 5.32. The fourth-order valence-corrected chi connectivity index (χ4v) is 5.84. The van der Waals surface area contributed by atoms with Gasteiger partial charge in [0.15, 0.2) is 10.9 Å². The van der Waals surface area contributed by atoms with Gasteiger partial charge in [-0.15, -0.1) is 0 Å². The molecule has 0 bridgehead atoms. The lowest BCUT2D eigenvalue weighted by Crippen LogP contribution is -2.68. The van der Waals surface area contributed by atoms with Crippen molar-refractivity contribution in [2.75, 3.05) is 32.1 Å². The number of carbonyl (C=O) groups excluding carboxylic acids is 1. The third-order valence-corrected chi connectivity index (χ3v) is 8.71. The number of hydrogen-bond donors (Lipinski definition) is 3. The summed E-state index contributed by atoms with van der Waals surface area (Å²) in [5, 5.41) is 10.9. The predicted molar refractivity (Wildman–Crippen MR) is 154 cm³/mol. The number of aromatic nitrogens is 2. The molecule has 0 aromatic carbocycles. The van der Waals surface area contributed by atoms with Crippen LogP contribution in [0.25, 0.3) is 11.1 Å². The molecule has 5 N–H and O–H groups in total. The normalized spacial score (nSPS) is 22.8. The van der Waals surface area contributed by atoms with Gasteiger partial charge >= 0.3 is 0 Å². The van der Waals surface area contributed by atoms with E-state index in [4.69, 9.17) is 16.2 Å². The number of aliphatic imine (C=N–C) groups is 1. The molecule has 41 heavy (non-hydrogen) atoms. The number of aliphatic hydroxyl groups is 1. The number of amidine groups is 1. The summed E-state index contributed by atoms with van der Waals surface area (Å²) in [6, 6.07) is 2.76. The molecule has 1 amide bonds. The van der Waals surface area contributed by atoms with E-state index in [2.05, 4.69) is 31.7 Å². The van der Waals surface area contributed by atoms with Crippen molar-refractivity contribution in [2.45, 2.75) is 55.7 Å². The Morgan fingerprint density at radius 3 is 2.61 bits per heavy atom. The van der Waals surface area contributed by atoms with Gasteiger partial charge in [0.1, 0.15) is 22.6 Å². The molecule has 2 atom stereocenters. The number of nitrogens with zero attached hydrogens (tertiary/aromatic N) is 5. The van der Waals surface area contributed by atoms with Gasteiger partial charge in [-0.1, -0.05) is 23.6 Å². The first kappa shape index (κ1) is 29.2. The van der Waals surface area contributed by atoms with Gasteiger partial charge in [0.25, 0.3) is 12.3 Å². The minimum atomic E-state index is -2.85. The highest BCUT2D eigenvalue weighted by atomic mass is 32.2. The van der Waals surface area contributed by atoms with Crippen molar-refractivity contribution >= 4 is 28.7 Å². The van der Waals surface area contributed by atoms with Crippen LogP contribution >= 0.6 is 11.8 Å². The lowest BCUT2D eigenvalue weighted by Gasteiger charge is -2.52. The van der Waals surface area contributed by atoms with Crippen molar-refractivity contribution in [3.8, 4) is 28.7 Å². The second-order valence-electron chi connectivity index (χ2n) is 10.7. The van der Waals surface area contributed by atoms with E-state index < -0.39 is 34.7 Å². The number of halogens is 2. The second kappa shape index (κ2) is 11.2. The minimum absolute atomic E-state index is 0.00885. The molecule has 2 unspecified atom stereocenters. The summed E-state index contributed by atoms with van der Waals surface area (Å²) in [6.45, 7) is 2.89. The van der Waals surface area contributed by atoms with Gasteiger partial charge in [0, 0.05) is 36.3 Å². The molecule has 2 saturated carbocycles. The molecule has 0 radical (unpaired) electrons. The van der Waals surface area contributed by atoms with E-state index in [0.717, 1.165) is 37.4 Å². The second-order valence-corrected chi connectivity index (χ2v) is 11.8. The third kappa shape index (κ3) is 5.74. The molecule has 1 saturated heterocycles. The van der Waals surface area contributed by atoms with Crippen LogP contribution in [-0.2, 0) is 0 Å². The highest BCUT2D eigenvalue weighted by Gasteiger charge is 2.63. The van der Waals surface area contributed by atoms with Crippen LogP contribution in [0.1, 0.15) is 55.1 Å². The Morgan fingerprint density at radius 1 is 1.24 bits per heavy atom. The van der Waals surface area contributed by atoms with Gasteiger partial charge in [-0.2, -0.15) is 4.99 Å². The van der Waals surface area contributed by atoms with Crippen LogP contribution in [0.3, 0.4) is 0 Å². The molecule has 2 aromatic rings. The predicted octanol–water partition coefficient (Wildman–Crippen LogP) is 2.97. The van der Waals surface area contributed by atoms with Gasteiger partial charge in [-0.05, 0) is 51.8 Å². The van der Waals surface area contributed by atoms with Crippen LogP contribution in [0.5, 0.6) is 5.75 Å². The van der Waals surface area contributed by atoms with Crippen molar-refractivity contribution in [1.29, 1.82) is 0 Å². The van der Waals surface area contributed by atoms with Crippen LogP contribution in [0.4, 0.5) is 14.6 Å². The Labute approximate surface area is 241 Å². The van der Waals surface area contributed by atoms with E-state index in [1.807, 2.05) is 7.05 Å². The van der Waals surface area contributed by atoms with Gasteiger partial charge in [-0.25, -0.2) is 13.8 Å². The van der Waals surface area contributed by atoms with E-state index in [1.54, 1.807) is 17.9 Å². The molecular weight excluding hydrogens is 552 g/mol. The number of hydrogen-bond acceptors (Lipinski definition) is 9. The maximum absolute atomic E-state index is 13.7. The highest BCUT2D eigenvalue weighted by molar-refractivity contribution is 8.14. The standard InChI is InChI=1S/C28H33F2N7O3S/c1-27(39)28(8-9-28)36(2)10-11-37(27)23-13-17(18-12-20(24(29)30)33-15-21(18)40-3)19(14-34-23)25(38)35-26(32)41-22(31)7-6-16-4-5-16/h12-16,22,24,39H,4-5,8-11,31H2,1-3H3,(H2,32,35,38). The smallest absolute Gasteiger partial charge is 0.281 e. The number of likely N-dealkylation sites (N-methyl/N-ethyl adjacent to an activating group) is 1. The van der Waals surface area contributed by atoms with Crippen LogP contribution in [0, 0.1) is 17.8 Å². The number of thioether (sulfide) groups is 1. The first-order valence-corrected chi connectivity index (χ1v) is 14.2. The number of pyridine rings is 2. The summed E-state index contributed by atoms with van der Waals surface area (Å²) in [4.78, 5) is 29.7. The Morgan fingerprint density at radius 2 is 1.98 bits per heavy atom. The number of amides is 1. The largest absolute Gasteiger partial charge is 0.494 e. The van der Waals surface area contributed by atoms with E-state index in [1.165, 1.54) is 25.6 Å². The zero-order valence-corrected chi connectivity index (χ0v) is 23.9. The lowest BCUT2D eigenvalue weighted by molar-refractivity contribution is -0.0645. The Hall–Kier alpha value is -3.31. The van der Waals surface area contributed by atoms with E-state index >= 15 is 0 Å². The van der Waals surface area contributed by atoms with Crippen molar-refractivity contribution < 1.29 is 23.4 Å². The molecule has 13 heteroatoms. The van der Waals surface area contributed by atoms with E-state index in [0.29, 0.717) is 24.8 Å². The van der Waals surface area contributed by atoms with E-state index in [-0.39, 0.29) is 27.6 Å². The van der Waals surface area contributed by atoms with Gasteiger partial charge in [0.2, 0.25) is 0 Å². The zero-order valence-electron chi connectivity index (χ0n) is 23.1. The Balaban J connectivity index is 1.55. The summed E-state index contributed by atoms with van der Waals surface area (Å²) < 4.78 is 32.8. The number of rotatable bonds is 6. The number of methoxy groups -OCH3 is 1. The van der Waals surface area contributed by atoms with E-state index in [9.17, 15) is 18.7 Å². The van der Waals surface area contributed by atoms with Crippen LogP contribution in [0.15, 0.2) is 29.5 Å². The Kier molecular flexibility index (Phi) is 7.95. The van der Waals surface area contributed by atoms with Gasteiger partial charge in [0.05, 0.1) is 24.4 Å². The zero-order chi connectivity index (χ0) is 29.5. The molecule has 3 fully saturated rings. The summed E-state index contributed by atoms with van der Waals surface area (Å²) in [5.74, 6) is 6.12. The van der Waals surface area contributed by atoms with Crippen LogP contribution < -0.4 is 21.1 Å². The Bertz CT molecular complexity index is 1430. The number of anilines is 1. The fraction of sp³-hybridized carbons (Fsp3) is 0.500. The molecule has 2 aliphatic carbocycles. The van der Waals surface area contributed by atoms with Crippen LogP contribution in [-0.4, -0.2) is 74.9 Å². The number of piperazine rings is 1. The molecule has 1 spiro atoms. The molecule has 3 heterocycles. The van der Waals surface area contributed by atoms with Crippen molar-refractivity contribution in [1.82, 2.24) is 14.9 Å². The summed E-state index contributed by atoms with van der Waals surface area (Å²) in [5.41, 5.74) is 10.3. The number of carbonyl (C=O) groups is 1. The topological polar surface area (TPSA) is 143 Å². The van der Waals surface area contributed by atoms with Gasteiger partial charge < -0.3 is 26.2 Å². The molecule has 10 nitrogen and oxygen atoms in total. The quantitative estimate of drug-likeness (QED) is 0.200. The average molecular weight is 586 g/mol. The van der Waals surface area contributed by atoms with Gasteiger partial charge in [-0.3, -0.25) is 14.7 Å². The molecule has 5 rings (SSSR count). The molecule has 2 aromatic heterocycles.